The second-order valence-electron chi connectivity index (χ2n) is 5.01. The zero-order valence-corrected chi connectivity index (χ0v) is 11.4. The molecule has 4 nitrogen and oxygen atoms in total. The first-order chi connectivity index (χ1) is 9.25. The number of nitrogens with zero attached hydrogens (tertiary/aromatic N) is 4. The number of anilines is 3. The van der Waals surface area contributed by atoms with Gasteiger partial charge in [-0.15, -0.1) is 0 Å². The van der Waals surface area contributed by atoms with E-state index in [1.165, 1.54) is 11.3 Å². The molecule has 1 aromatic heterocycles. The quantitative estimate of drug-likeness (QED) is 0.824. The van der Waals surface area contributed by atoms with Gasteiger partial charge in [0.2, 0.25) is 0 Å². The summed E-state index contributed by atoms with van der Waals surface area (Å²) in [5.74, 6) is 1.92. The molecular formula is C15H18N4. The number of para-hydroxylation sites is 1. The maximum absolute atomic E-state index is 4.43. The molecule has 2 aromatic rings. The highest BCUT2D eigenvalue weighted by Gasteiger charge is 2.19. The van der Waals surface area contributed by atoms with Gasteiger partial charge in [-0.3, -0.25) is 0 Å². The number of hydrogen-bond donors (Lipinski definition) is 0. The van der Waals surface area contributed by atoms with Gasteiger partial charge in [0.1, 0.15) is 18.0 Å². The van der Waals surface area contributed by atoms with Crippen molar-refractivity contribution < 1.29 is 0 Å². The lowest BCUT2D eigenvalue weighted by Gasteiger charge is -2.30. The molecule has 0 N–H and O–H groups in total. The Morgan fingerprint density at radius 3 is 2.84 bits per heavy atom. The lowest BCUT2D eigenvalue weighted by molar-refractivity contribution is 0.758. The summed E-state index contributed by atoms with van der Waals surface area (Å²) in [5, 5.41) is 0. The number of fused-ring (bicyclic) bond motifs is 1. The summed E-state index contributed by atoms with van der Waals surface area (Å²) in [6.07, 6.45) is 3.96. The van der Waals surface area contributed by atoms with Gasteiger partial charge in [-0.05, 0) is 24.5 Å². The monoisotopic (exact) mass is 254 g/mol. The second-order valence-corrected chi connectivity index (χ2v) is 5.01. The first kappa shape index (κ1) is 12.0. The Kier molecular flexibility index (Phi) is 3.07. The molecule has 0 radical (unpaired) electrons. The van der Waals surface area contributed by atoms with Crippen molar-refractivity contribution in [1.82, 2.24) is 9.97 Å². The normalized spacial score (nSPS) is 14.1. The fourth-order valence-corrected chi connectivity index (χ4v) is 2.50. The van der Waals surface area contributed by atoms with Crippen molar-refractivity contribution in [3.8, 4) is 0 Å². The Balaban J connectivity index is 2.01. The van der Waals surface area contributed by atoms with Crippen molar-refractivity contribution in [2.24, 2.45) is 0 Å². The van der Waals surface area contributed by atoms with Crippen molar-refractivity contribution in [2.45, 2.75) is 12.8 Å². The summed E-state index contributed by atoms with van der Waals surface area (Å²) in [4.78, 5) is 13.0. The molecule has 2 heterocycles. The van der Waals surface area contributed by atoms with Gasteiger partial charge in [0, 0.05) is 32.4 Å². The summed E-state index contributed by atoms with van der Waals surface area (Å²) in [5.41, 5.74) is 2.68. The molecule has 0 amide bonds. The molecule has 3 rings (SSSR count). The molecule has 0 saturated heterocycles. The van der Waals surface area contributed by atoms with Gasteiger partial charge in [-0.25, -0.2) is 9.97 Å². The average Bonchev–Trinajstić information content (AvgIpc) is 2.47. The van der Waals surface area contributed by atoms with Crippen LogP contribution in [0.3, 0.4) is 0 Å². The smallest absolute Gasteiger partial charge is 0.138 e. The van der Waals surface area contributed by atoms with Crippen LogP contribution in [-0.2, 0) is 6.42 Å². The van der Waals surface area contributed by atoms with Crippen LogP contribution >= 0.6 is 0 Å². The van der Waals surface area contributed by atoms with Crippen LogP contribution in [0.5, 0.6) is 0 Å². The molecule has 0 fully saturated rings. The van der Waals surface area contributed by atoms with Crippen LogP contribution in [0.25, 0.3) is 0 Å². The van der Waals surface area contributed by atoms with E-state index in [4.69, 9.17) is 0 Å². The Labute approximate surface area is 113 Å². The third-order valence-corrected chi connectivity index (χ3v) is 3.48. The average molecular weight is 254 g/mol. The SMILES string of the molecule is CN(C)c1cc(N2CCCc3ccccc32)ncn1. The Hall–Kier alpha value is -2.10. The number of hydrogen-bond acceptors (Lipinski definition) is 4. The molecule has 98 valence electrons. The lowest BCUT2D eigenvalue weighted by Crippen LogP contribution is -2.25. The van der Waals surface area contributed by atoms with Crippen LogP contribution in [0.1, 0.15) is 12.0 Å². The number of benzene rings is 1. The predicted molar refractivity (Wildman–Crippen MR) is 78.1 cm³/mol. The summed E-state index contributed by atoms with van der Waals surface area (Å²) >= 11 is 0. The molecule has 0 bridgehead atoms. The molecular weight excluding hydrogens is 236 g/mol. The summed E-state index contributed by atoms with van der Waals surface area (Å²) in [7, 11) is 3.99. The molecule has 1 aliphatic rings. The third kappa shape index (κ3) is 2.26. The van der Waals surface area contributed by atoms with Crippen LogP contribution in [0.4, 0.5) is 17.3 Å². The number of aryl methyl sites for hydroxylation is 1. The maximum Gasteiger partial charge on any atom is 0.138 e. The van der Waals surface area contributed by atoms with Crippen LogP contribution < -0.4 is 9.80 Å². The van der Waals surface area contributed by atoms with Crippen LogP contribution in [0.2, 0.25) is 0 Å². The molecule has 1 aromatic carbocycles. The molecule has 0 unspecified atom stereocenters. The van der Waals surface area contributed by atoms with E-state index in [1.807, 2.05) is 25.1 Å². The highest BCUT2D eigenvalue weighted by Crippen LogP contribution is 2.32. The molecule has 19 heavy (non-hydrogen) atoms. The Morgan fingerprint density at radius 1 is 1.16 bits per heavy atom. The van der Waals surface area contributed by atoms with Crippen LogP contribution in [0.15, 0.2) is 36.7 Å². The van der Waals surface area contributed by atoms with Gasteiger partial charge in [0.25, 0.3) is 0 Å². The molecule has 0 spiro atoms. The van der Waals surface area contributed by atoms with Crippen LogP contribution in [-0.4, -0.2) is 30.6 Å². The van der Waals surface area contributed by atoms with Gasteiger partial charge in [0.05, 0.1) is 0 Å². The number of rotatable bonds is 2. The molecule has 0 aliphatic carbocycles. The second kappa shape index (κ2) is 4.88. The van der Waals surface area contributed by atoms with Gasteiger partial charge in [0.15, 0.2) is 0 Å². The van der Waals surface area contributed by atoms with Crippen LogP contribution in [0, 0.1) is 0 Å². The van der Waals surface area contributed by atoms with E-state index in [2.05, 4.69) is 39.1 Å². The van der Waals surface area contributed by atoms with E-state index >= 15 is 0 Å². The number of aromatic nitrogens is 2. The van der Waals surface area contributed by atoms with Crippen molar-refractivity contribution in [3.05, 3.63) is 42.2 Å². The summed E-state index contributed by atoms with van der Waals surface area (Å²) in [6.45, 7) is 1.01. The maximum atomic E-state index is 4.43. The van der Waals surface area contributed by atoms with Gasteiger partial charge in [-0.2, -0.15) is 0 Å². The standard InChI is InChI=1S/C15H18N4/c1-18(2)14-10-15(17-11-16-14)19-9-5-7-12-6-3-4-8-13(12)19/h3-4,6,8,10-11H,5,7,9H2,1-2H3. The zero-order chi connectivity index (χ0) is 13.2. The van der Waals surface area contributed by atoms with Crippen molar-refractivity contribution in [3.63, 3.8) is 0 Å². The van der Waals surface area contributed by atoms with E-state index in [0.29, 0.717) is 0 Å². The first-order valence-electron chi connectivity index (χ1n) is 6.60. The third-order valence-electron chi connectivity index (χ3n) is 3.48. The van der Waals surface area contributed by atoms with Crippen molar-refractivity contribution in [2.75, 3.05) is 30.4 Å². The Morgan fingerprint density at radius 2 is 2.00 bits per heavy atom. The zero-order valence-electron chi connectivity index (χ0n) is 11.4. The molecule has 0 saturated carbocycles. The van der Waals surface area contributed by atoms with E-state index in [-0.39, 0.29) is 0 Å². The largest absolute Gasteiger partial charge is 0.363 e. The van der Waals surface area contributed by atoms with Crippen molar-refractivity contribution in [1.29, 1.82) is 0 Å². The highest BCUT2D eigenvalue weighted by atomic mass is 15.2. The van der Waals surface area contributed by atoms with Gasteiger partial charge in [-0.1, -0.05) is 18.2 Å². The minimum absolute atomic E-state index is 0.938. The van der Waals surface area contributed by atoms with Gasteiger partial charge < -0.3 is 9.80 Å². The highest BCUT2D eigenvalue weighted by molar-refractivity contribution is 5.66. The minimum Gasteiger partial charge on any atom is -0.363 e. The Bertz CT molecular complexity index is 580. The lowest BCUT2D eigenvalue weighted by atomic mass is 10.0. The fraction of sp³-hybridized carbons (Fsp3) is 0.333. The summed E-state index contributed by atoms with van der Waals surface area (Å²) < 4.78 is 0. The predicted octanol–water partition coefficient (Wildman–Crippen LogP) is 2.63. The van der Waals surface area contributed by atoms with E-state index in [1.54, 1.807) is 6.33 Å². The molecule has 4 heteroatoms. The fourth-order valence-electron chi connectivity index (χ4n) is 2.50. The molecule has 1 aliphatic heterocycles. The van der Waals surface area contributed by atoms with E-state index in [9.17, 15) is 0 Å². The first-order valence-corrected chi connectivity index (χ1v) is 6.60. The van der Waals surface area contributed by atoms with E-state index < -0.39 is 0 Å². The molecule has 0 atom stereocenters. The topological polar surface area (TPSA) is 32.3 Å². The summed E-state index contributed by atoms with van der Waals surface area (Å²) in [6, 6.07) is 10.6. The van der Waals surface area contributed by atoms with Gasteiger partial charge >= 0.3 is 0 Å². The van der Waals surface area contributed by atoms with Crippen molar-refractivity contribution >= 4 is 17.3 Å². The minimum atomic E-state index is 0.938. The van der Waals surface area contributed by atoms with E-state index in [0.717, 1.165) is 31.0 Å².